The second-order valence-electron chi connectivity index (χ2n) is 5.33. The second kappa shape index (κ2) is 6.34. The van der Waals surface area contributed by atoms with Crippen molar-refractivity contribution in [3.63, 3.8) is 0 Å². The minimum absolute atomic E-state index is 0.529. The maximum atomic E-state index is 6.08. The monoisotopic (exact) mass is 369 g/mol. The first kappa shape index (κ1) is 14.8. The third kappa shape index (κ3) is 3.39. The Hall–Kier alpha value is -1.11. The number of piperidine rings is 1. The van der Waals surface area contributed by atoms with Crippen molar-refractivity contribution < 1.29 is 0 Å². The first-order chi connectivity index (χ1) is 10.2. The van der Waals surface area contributed by atoms with Crippen LogP contribution in [0.2, 0.25) is 5.02 Å². The average molecular weight is 371 g/mol. The van der Waals surface area contributed by atoms with E-state index in [2.05, 4.69) is 36.0 Å². The van der Waals surface area contributed by atoms with Crippen molar-refractivity contribution in [2.75, 3.05) is 24.5 Å². The summed E-state index contributed by atoms with van der Waals surface area (Å²) in [5, 5.41) is 7.99. The number of halogens is 2. The SMILES string of the molecule is NCC1CCCN(c2n[nH]c(-c3cc(Cl)cc(Br)c3)n2)C1. The highest BCUT2D eigenvalue weighted by molar-refractivity contribution is 9.10. The zero-order valence-electron chi connectivity index (χ0n) is 11.5. The molecule has 0 aliphatic carbocycles. The number of benzene rings is 1. The smallest absolute Gasteiger partial charge is 0.245 e. The summed E-state index contributed by atoms with van der Waals surface area (Å²) in [7, 11) is 0. The molecule has 1 atom stereocenters. The molecule has 5 nitrogen and oxygen atoms in total. The summed E-state index contributed by atoms with van der Waals surface area (Å²) in [6.07, 6.45) is 2.32. The van der Waals surface area contributed by atoms with Gasteiger partial charge in [-0.2, -0.15) is 4.98 Å². The molecule has 0 saturated carbocycles. The van der Waals surface area contributed by atoms with E-state index in [1.807, 2.05) is 18.2 Å². The Balaban J connectivity index is 1.82. The summed E-state index contributed by atoms with van der Waals surface area (Å²) < 4.78 is 0.920. The van der Waals surface area contributed by atoms with Gasteiger partial charge in [0, 0.05) is 28.1 Å². The number of rotatable bonds is 3. The molecule has 2 heterocycles. The van der Waals surface area contributed by atoms with Crippen LogP contribution in [0.15, 0.2) is 22.7 Å². The van der Waals surface area contributed by atoms with Gasteiger partial charge in [-0.3, -0.25) is 5.10 Å². The topological polar surface area (TPSA) is 70.8 Å². The van der Waals surface area contributed by atoms with Crippen LogP contribution in [0.5, 0.6) is 0 Å². The molecule has 1 aromatic carbocycles. The Bertz CT molecular complexity index is 609. The lowest BCUT2D eigenvalue weighted by atomic mass is 9.99. The van der Waals surface area contributed by atoms with Gasteiger partial charge in [-0.1, -0.05) is 27.5 Å². The summed E-state index contributed by atoms with van der Waals surface area (Å²) in [4.78, 5) is 6.79. The van der Waals surface area contributed by atoms with Gasteiger partial charge in [0.25, 0.3) is 0 Å². The summed E-state index contributed by atoms with van der Waals surface area (Å²) in [6, 6.07) is 5.68. The molecule has 1 aliphatic heterocycles. The predicted octanol–water partition coefficient (Wildman–Crippen LogP) is 3.06. The Labute approximate surface area is 137 Å². The second-order valence-corrected chi connectivity index (χ2v) is 6.68. The van der Waals surface area contributed by atoms with Crippen LogP contribution in [0, 0.1) is 5.92 Å². The highest BCUT2D eigenvalue weighted by atomic mass is 79.9. The molecule has 1 aliphatic rings. The summed E-state index contributed by atoms with van der Waals surface area (Å²) in [6.45, 7) is 2.62. The van der Waals surface area contributed by atoms with E-state index in [0.29, 0.717) is 10.9 Å². The van der Waals surface area contributed by atoms with Gasteiger partial charge in [0.2, 0.25) is 5.95 Å². The molecule has 0 radical (unpaired) electrons. The lowest BCUT2D eigenvalue weighted by Gasteiger charge is -2.31. The average Bonchev–Trinajstić information content (AvgIpc) is 2.96. The van der Waals surface area contributed by atoms with E-state index in [4.69, 9.17) is 17.3 Å². The van der Waals surface area contributed by atoms with Crippen molar-refractivity contribution >= 4 is 33.5 Å². The van der Waals surface area contributed by atoms with Crippen LogP contribution in [0.3, 0.4) is 0 Å². The highest BCUT2D eigenvalue weighted by Gasteiger charge is 2.22. The Morgan fingerprint density at radius 3 is 3.05 bits per heavy atom. The van der Waals surface area contributed by atoms with E-state index in [1.54, 1.807) is 0 Å². The van der Waals surface area contributed by atoms with Gasteiger partial charge < -0.3 is 10.6 Å². The van der Waals surface area contributed by atoms with Crippen LogP contribution in [-0.2, 0) is 0 Å². The predicted molar refractivity (Wildman–Crippen MR) is 88.5 cm³/mol. The van der Waals surface area contributed by atoms with Crippen LogP contribution in [0.1, 0.15) is 12.8 Å². The molecule has 1 unspecified atom stereocenters. The number of aromatic amines is 1. The largest absolute Gasteiger partial charge is 0.339 e. The van der Waals surface area contributed by atoms with Crippen LogP contribution in [-0.4, -0.2) is 34.8 Å². The van der Waals surface area contributed by atoms with E-state index in [-0.39, 0.29) is 0 Å². The third-order valence-corrected chi connectivity index (χ3v) is 4.42. The molecular weight excluding hydrogens is 354 g/mol. The van der Waals surface area contributed by atoms with Crippen LogP contribution in [0.25, 0.3) is 11.4 Å². The van der Waals surface area contributed by atoms with Gasteiger partial charge in [0.1, 0.15) is 0 Å². The highest BCUT2D eigenvalue weighted by Crippen LogP contribution is 2.27. The minimum atomic E-state index is 0.529. The molecule has 1 fully saturated rings. The maximum Gasteiger partial charge on any atom is 0.245 e. The Morgan fingerprint density at radius 1 is 1.43 bits per heavy atom. The number of nitrogens with two attached hydrogens (primary N) is 1. The molecule has 1 aromatic heterocycles. The van der Waals surface area contributed by atoms with Gasteiger partial charge in [-0.05, 0) is 43.5 Å². The molecule has 3 N–H and O–H groups in total. The number of hydrogen-bond donors (Lipinski definition) is 2. The van der Waals surface area contributed by atoms with Crippen LogP contribution in [0.4, 0.5) is 5.95 Å². The summed E-state index contributed by atoms with van der Waals surface area (Å²) >= 11 is 9.52. The van der Waals surface area contributed by atoms with E-state index >= 15 is 0 Å². The van der Waals surface area contributed by atoms with Crippen molar-refractivity contribution in [2.45, 2.75) is 12.8 Å². The minimum Gasteiger partial charge on any atom is -0.339 e. The molecule has 112 valence electrons. The fourth-order valence-electron chi connectivity index (χ4n) is 2.65. The zero-order valence-corrected chi connectivity index (χ0v) is 13.9. The number of H-pyrrole nitrogens is 1. The van der Waals surface area contributed by atoms with Crippen molar-refractivity contribution in [2.24, 2.45) is 11.7 Å². The molecule has 3 rings (SSSR count). The number of aromatic nitrogens is 3. The standard InChI is InChI=1S/C14H17BrClN5/c15-11-4-10(5-12(16)6-11)13-18-14(20-19-13)21-3-1-2-9(7-17)8-21/h4-6,9H,1-3,7-8,17H2,(H,18,19,20). The Kier molecular flexibility index (Phi) is 4.47. The first-order valence-electron chi connectivity index (χ1n) is 6.99. The fraction of sp³-hybridized carbons (Fsp3) is 0.429. The number of anilines is 1. The van der Waals surface area contributed by atoms with Crippen molar-refractivity contribution in [3.8, 4) is 11.4 Å². The number of nitrogens with zero attached hydrogens (tertiary/aromatic N) is 3. The van der Waals surface area contributed by atoms with E-state index < -0.39 is 0 Å². The van der Waals surface area contributed by atoms with Gasteiger partial charge in [0.05, 0.1) is 0 Å². The normalized spacial score (nSPS) is 19.0. The number of nitrogens with one attached hydrogen (secondary N) is 1. The van der Waals surface area contributed by atoms with Crippen LogP contribution >= 0.6 is 27.5 Å². The first-order valence-corrected chi connectivity index (χ1v) is 8.16. The molecule has 1 saturated heterocycles. The third-order valence-electron chi connectivity index (χ3n) is 3.74. The van der Waals surface area contributed by atoms with Crippen LogP contribution < -0.4 is 10.6 Å². The Morgan fingerprint density at radius 2 is 2.29 bits per heavy atom. The lowest BCUT2D eigenvalue weighted by Crippen LogP contribution is -2.38. The van der Waals surface area contributed by atoms with Gasteiger partial charge in [0.15, 0.2) is 5.82 Å². The summed E-state index contributed by atoms with van der Waals surface area (Å²) in [5.74, 6) is 1.99. The quantitative estimate of drug-likeness (QED) is 0.871. The maximum absolute atomic E-state index is 6.08. The van der Waals surface area contributed by atoms with Crippen molar-refractivity contribution in [1.29, 1.82) is 0 Å². The van der Waals surface area contributed by atoms with Gasteiger partial charge in [-0.15, -0.1) is 5.10 Å². The summed E-state index contributed by atoms with van der Waals surface area (Å²) in [5.41, 5.74) is 6.70. The molecule has 7 heteroatoms. The van der Waals surface area contributed by atoms with E-state index in [1.165, 1.54) is 6.42 Å². The van der Waals surface area contributed by atoms with Crippen molar-refractivity contribution in [1.82, 2.24) is 15.2 Å². The van der Waals surface area contributed by atoms with Gasteiger partial charge in [-0.25, -0.2) is 0 Å². The zero-order chi connectivity index (χ0) is 14.8. The van der Waals surface area contributed by atoms with Crippen molar-refractivity contribution in [3.05, 3.63) is 27.7 Å². The lowest BCUT2D eigenvalue weighted by molar-refractivity contribution is 0.420. The number of hydrogen-bond acceptors (Lipinski definition) is 4. The molecule has 2 aromatic rings. The molecule has 0 amide bonds. The molecule has 21 heavy (non-hydrogen) atoms. The van der Waals surface area contributed by atoms with E-state index in [9.17, 15) is 0 Å². The molecular formula is C14H17BrClN5. The molecule has 0 bridgehead atoms. The van der Waals surface area contributed by atoms with Gasteiger partial charge >= 0.3 is 0 Å². The van der Waals surface area contributed by atoms with E-state index in [0.717, 1.165) is 47.9 Å². The fourth-order valence-corrected chi connectivity index (χ4v) is 3.51. The molecule has 0 spiro atoms.